The molecule has 0 bridgehead atoms. The molecular formula is C15H14N4O2. The van der Waals surface area contributed by atoms with E-state index in [-0.39, 0.29) is 10.6 Å². The number of nitro benzene ring substituents is 1. The number of fused-ring (bicyclic) bond motifs is 1. The molecule has 21 heavy (non-hydrogen) atoms. The molecule has 0 atom stereocenters. The van der Waals surface area contributed by atoms with Crippen molar-refractivity contribution in [2.75, 3.05) is 0 Å². The summed E-state index contributed by atoms with van der Waals surface area (Å²) < 4.78 is 4.12. The Hall–Kier alpha value is -2.63. The minimum absolute atomic E-state index is 0.148. The molecule has 1 aliphatic carbocycles. The molecule has 0 spiro atoms. The van der Waals surface area contributed by atoms with Gasteiger partial charge in [-0.05, 0) is 18.9 Å². The largest absolute Gasteiger partial charge is 0.336 e. The zero-order valence-corrected chi connectivity index (χ0v) is 11.3. The highest BCUT2D eigenvalue weighted by atomic mass is 16.6. The summed E-state index contributed by atoms with van der Waals surface area (Å²) in [5.74, 6) is 0. The van der Waals surface area contributed by atoms with Crippen molar-refractivity contribution in [1.82, 2.24) is 14.1 Å². The van der Waals surface area contributed by atoms with Crippen LogP contribution >= 0.6 is 0 Å². The van der Waals surface area contributed by atoms with Crippen molar-refractivity contribution in [3.63, 3.8) is 0 Å². The molecule has 106 valence electrons. The number of imidazole rings is 1. The molecule has 4 rings (SSSR count). The van der Waals surface area contributed by atoms with Crippen LogP contribution in [0.4, 0.5) is 5.69 Å². The van der Waals surface area contributed by atoms with Gasteiger partial charge < -0.3 is 9.13 Å². The second kappa shape index (κ2) is 4.44. The molecular weight excluding hydrogens is 268 g/mol. The summed E-state index contributed by atoms with van der Waals surface area (Å²) >= 11 is 0. The van der Waals surface area contributed by atoms with Gasteiger partial charge >= 0.3 is 0 Å². The number of rotatable bonds is 4. The Morgan fingerprint density at radius 2 is 2.19 bits per heavy atom. The molecule has 1 saturated carbocycles. The van der Waals surface area contributed by atoms with Gasteiger partial charge in [-0.2, -0.15) is 0 Å². The van der Waals surface area contributed by atoms with E-state index in [0.29, 0.717) is 18.1 Å². The van der Waals surface area contributed by atoms with E-state index in [0.717, 1.165) is 11.1 Å². The topological polar surface area (TPSA) is 65.9 Å². The summed E-state index contributed by atoms with van der Waals surface area (Å²) in [4.78, 5) is 15.1. The summed E-state index contributed by atoms with van der Waals surface area (Å²) in [6.07, 6.45) is 7.99. The van der Waals surface area contributed by atoms with Crippen LogP contribution in [0.25, 0.3) is 10.9 Å². The Balaban J connectivity index is 1.79. The van der Waals surface area contributed by atoms with E-state index in [1.54, 1.807) is 12.1 Å². The van der Waals surface area contributed by atoms with E-state index in [2.05, 4.69) is 9.55 Å². The van der Waals surface area contributed by atoms with Crippen LogP contribution in [0.2, 0.25) is 0 Å². The Morgan fingerprint density at radius 3 is 2.95 bits per heavy atom. The third kappa shape index (κ3) is 1.99. The number of nitrogens with zero attached hydrogens (tertiary/aromatic N) is 4. The highest BCUT2D eigenvalue weighted by Crippen LogP contribution is 2.36. The standard InChI is InChI=1S/C15H14N4O2/c20-19(21)14-3-1-2-11-6-7-17(15(11)14)9-13-8-16-10-18(13)12-4-5-12/h1-3,6-8,10,12H,4-5,9H2. The van der Waals surface area contributed by atoms with Crippen molar-refractivity contribution in [2.24, 2.45) is 0 Å². The molecule has 2 aromatic heterocycles. The summed E-state index contributed by atoms with van der Waals surface area (Å²) in [5.41, 5.74) is 1.91. The van der Waals surface area contributed by atoms with Crippen LogP contribution in [0.5, 0.6) is 0 Å². The second-order valence-corrected chi connectivity index (χ2v) is 5.44. The molecule has 6 heteroatoms. The monoisotopic (exact) mass is 282 g/mol. The average molecular weight is 282 g/mol. The van der Waals surface area contributed by atoms with E-state index in [4.69, 9.17) is 0 Å². The van der Waals surface area contributed by atoms with E-state index in [1.165, 1.54) is 12.8 Å². The van der Waals surface area contributed by atoms with Crippen LogP contribution in [0.1, 0.15) is 24.6 Å². The van der Waals surface area contributed by atoms with Gasteiger partial charge in [-0.15, -0.1) is 0 Å². The molecule has 1 aromatic carbocycles. The number of aromatic nitrogens is 3. The van der Waals surface area contributed by atoms with Gasteiger partial charge in [0.15, 0.2) is 0 Å². The first-order valence-electron chi connectivity index (χ1n) is 6.97. The van der Waals surface area contributed by atoms with E-state index in [1.807, 2.05) is 35.4 Å². The molecule has 0 saturated heterocycles. The summed E-state index contributed by atoms with van der Waals surface area (Å²) in [7, 11) is 0. The predicted molar refractivity (Wildman–Crippen MR) is 78.2 cm³/mol. The van der Waals surface area contributed by atoms with E-state index >= 15 is 0 Å². The first kappa shape index (κ1) is 12.1. The molecule has 0 radical (unpaired) electrons. The highest BCUT2D eigenvalue weighted by Gasteiger charge is 2.25. The van der Waals surface area contributed by atoms with Crippen LogP contribution in [-0.4, -0.2) is 19.0 Å². The minimum Gasteiger partial charge on any atom is -0.336 e. The van der Waals surface area contributed by atoms with Crippen molar-refractivity contribution < 1.29 is 4.92 Å². The number of para-hydroxylation sites is 1. The number of hydrogen-bond acceptors (Lipinski definition) is 3. The second-order valence-electron chi connectivity index (χ2n) is 5.44. The first-order chi connectivity index (χ1) is 10.2. The molecule has 6 nitrogen and oxygen atoms in total. The van der Waals surface area contributed by atoms with Crippen LogP contribution in [0.15, 0.2) is 43.0 Å². The zero-order chi connectivity index (χ0) is 14.4. The van der Waals surface area contributed by atoms with Crippen molar-refractivity contribution in [1.29, 1.82) is 0 Å². The number of nitro groups is 1. The van der Waals surface area contributed by atoms with E-state index in [9.17, 15) is 10.1 Å². The smallest absolute Gasteiger partial charge is 0.293 e. The molecule has 0 N–H and O–H groups in total. The Kier molecular flexibility index (Phi) is 2.57. The van der Waals surface area contributed by atoms with Crippen molar-refractivity contribution in [3.8, 4) is 0 Å². The van der Waals surface area contributed by atoms with Gasteiger partial charge in [-0.1, -0.05) is 12.1 Å². The van der Waals surface area contributed by atoms with Gasteiger partial charge in [0.05, 0.1) is 23.5 Å². The van der Waals surface area contributed by atoms with Crippen molar-refractivity contribution >= 4 is 16.6 Å². The third-order valence-corrected chi connectivity index (χ3v) is 3.98. The fraction of sp³-hybridized carbons (Fsp3) is 0.267. The summed E-state index contributed by atoms with van der Waals surface area (Å²) in [6.45, 7) is 0.602. The van der Waals surface area contributed by atoms with Gasteiger partial charge in [-0.3, -0.25) is 10.1 Å². The van der Waals surface area contributed by atoms with Crippen LogP contribution < -0.4 is 0 Å². The quantitative estimate of drug-likeness (QED) is 0.545. The first-order valence-corrected chi connectivity index (χ1v) is 6.97. The van der Waals surface area contributed by atoms with Gasteiger partial charge in [0.1, 0.15) is 5.52 Å². The highest BCUT2D eigenvalue weighted by molar-refractivity contribution is 5.88. The maximum Gasteiger partial charge on any atom is 0.293 e. The fourth-order valence-electron chi connectivity index (χ4n) is 2.83. The normalized spacial score (nSPS) is 14.7. The van der Waals surface area contributed by atoms with Gasteiger partial charge in [0.2, 0.25) is 0 Å². The van der Waals surface area contributed by atoms with Crippen molar-refractivity contribution in [2.45, 2.75) is 25.4 Å². The van der Waals surface area contributed by atoms with Gasteiger partial charge in [0, 0.05) is 29.9 Å². The molecule has 1 aliphatic rings. The Labute approximate surface area is 120 Å². The van der Waals surface area contributed by atoms with Crippen molar-refractivity contribution in [3.05, 3.63) is 58.8 Å². The lowest BCUT2D eigenvalue weighted by molar-refractivity contribution is -0.383. The SMILES string of the molecule is O=[N+]([O-])c1cccc2ccn(Cc3cncn3C3CC3)c12. The summed E-state index contributed by atoms with van der Waals surface area (Å²) in [5, 5.41) is 12.1. The van der Waals surface area contributed by atoms with Crippen LogP contribution in [0.3, 0.4) is 0 Å². The molecule has 1 fully saturated rings. The third-order valence-electron chi connectivity index (χ3n) is 3.98. The Bertz CT molecular complexity index is 829. The van der Waals surface area contributed by atoms with Gasteiger partial charge in [-0.25, -0.2) is 4.98 Å². The maximum atomic E-state index is 11.2. The predicted octanol–water partition coefficient (Wildman–Crippen LogP) is 3.13. The fourth-order valence-corrected chi connectivity index (χ4v) is 2.83. The lowest BCUT2D eigenvalue weighted by Crippen LogP contribution is -2.06. The van der Waals surface area contributed by atoms with Crippen LogP contribution in [-0.2, 0) is 6.54 Å². The minimum atomic E-state index is -0.322. The zero-order valence-electron chi connectivity index (χ0n) is 11.3. The lowest BCUT2D eigenvalue weighted by atomic mass is 10.2. The number of benzene rings is 1. The van der Waals surface area contributed by atoms with E-state index < -0.39 is 0 Å². The Morgan fingerprint density at radius 1 is 1.33 bits per heavy atom. The molecule has 3 aromatic rings. The molecule has 0 aliphatic heterocycles. The molecule has 2 heterocycles. The summed E-state index contributed by atoms with van der Waals surface area (Å²) in [6, 6.07) is 7.65. The molecule has 0 amide bonds. The number of non-ortho nitro benzene ring substituents is 1. The lowest BCUT2D eigenvalue weighted by Gasteiger charge is -2.09. The molecule has 0 unspecified atom stereocenters. The van der Waals surface area contributed by atoms with Gasteiger partial charge in [0.25, 0.3) is 5.69 Å². The number of hydrogen-bond donors (Lipinski definition) is 0. The average Bonchev–Trinajstić information content (AvgIpc) is 3.08. The maximum absolute atomic E-state index is 11.2. The van der Waals surface area contributed by atoms with Crippen LogP contribution in [0, 0.1) is 10.1 Å².